The summed E-state index contributed by atoms with van der Waals surface area (Å²) in [7, 11) is 2.97. The maximum absolute atomic E-state index is 2.97. The normalized spacial score (nSPS) is 9.56. The van der Waals surface area contributed by atoms with Crippen LogP contribution in [-0.2, 0) is 39.0 Å². The van der Waals surface area contributed by atoms with Crippen molar-refractivity contribution in [3.63, 3.8) is 0 Å². The van der Waals surface area contributed by atoms with Crippen molar-refractivity contribution in [3.05, 3.63) is 132 Å². The van der Waals surface area contributed by atoms with E-state index in [0.717, 1.165) is 12.8 Å². The van der Waals surface area contributed by atoms with Gasteiger partial charge >= 0.3 is 26.2 Å². The van der Waals surface area contributed by atoms with E-state index >= 15 is 0 Å². The van der Waals surface area contributed by atoms with Crippen LogP contribution in [0.1, 0.15) is 64.5 Å². The standard InChI is InChI=1S/2C17H15.C6H14.CH3Si.2ClH.Zr/c2*1-2-13-11-15-9-6-10-16(17(15)12-13)14-7-4-3-5-8-14;1-3-5-6-4-2;1-2;;;/h2*3-12H,2H2,1H3;3-6H2,1-2H3;1H3;2*1H;/q2*-1;;;;;+4/p-2. The van der Waals surface area contributed by atoms with Gasteiger partial charge in [-0.15, -0.1) is 69.1 Å². The number of hydrogen-bond donors (Lipinski definition) is 0. The predicted octanol–water partition coefficient (Wildman–Crippen LogP) is 6.37. The monoisotopic (exact) mass is 727 g/mol. The molecule has 6 rings (SSSR count). The van der Waals surface area contributed by atoms with Crippen molar-refractivity contribution in [3.8, 4) is 22.3 Å². The second kappa shape index (κ2) is 24.0. The summed E-state index contributed by atoms with van der Waals surface area (Å²) < 4.78 is 0. The first-order valence-corrected chi connectivity index (χ1v) is 16.7. The number of hydrogen-bond acceptors (Lipinski definition) is 0. The predicted molar refractivity (Wildman–Crippen MR) is 190 cm³/mol. The Morgan fingerprint density at radius 3 is 1.16 bits per heavy atom. The van der Waals surface area contributed by atoms with Crippen LogP contribution in [0.5, 0.6) is 0 Å². The van der Waals surface area contributed by atoms with Crippen LogP contribution in [0, 0.1) is 0 Å². The molecule has 0 aromatic heterocycles. The van der Waals surface area contributed by atoms with Crippen LogP contribution in [0.25, 0.3) is 43.8 Å². The summed E-state index contributed by atoms with van der Waals surface area (Å²) in [5.74, 6) is 0. The van der Waals surface area contributed by atoms with Gasteiger partial charge < -0.3 is 24.8 Å². The van der Waals surface area contributed by atoms with Crippen LogP contribution in [0.15, 0.2) is 121 Å². The molecule has 0 fully saturated rings. The quantitative estimate of drug-likeness (QED) is 0.102. The van der Waals surface area contributed by atoms with Gasteiger partial charge in [0.25, 0.3) is 0 Å². The van der Waals surface area contributed by atoms with Gasteiger partial charge in [0.1, 0.15) is 0 Å². The van der Waals surface area contributed by atoms with Crippen LogP contribution >= 0.6 is 0 Å². The minimum atomic E-state index is 0. The van der Waals surface area contributed by atoms with Crippen LogP contribution in [0.4, 0.5) is 0 Å². The van der Waals surface area contributed by atoms with Gasteiger partial charge in [0, 0.05) is 10.2 Å². The third kappa shape index (κ3) is 12.5. The van der Waals surface area contributed by atoms with Gasteiger partial charge in [-0.05, 0) is 24.0 Å². The van der Waals surface area contributed by atoms with Gasteiger partial charge in [-0.25, -0.2) is 0 Å². The first-order chi connectivity index (χ1) is 20.7. The van der Waals surface area contributed by atoms with Crippen LogP contribution in [0.2, 0.25) is 6.55 Å². The average Bonchev–Trinajstić information content (AvgIpc) is 3.70. The molecule has 3 radical (unpaired) electrons. The Labute approximate surface area is 308 Å². The van der Waals surface area contributed by atoms with E-state index in [2.05, 4.69) is 159 Å². The molecule has 0 saturated carbocycles. The van der Waals surface area contributed by atoms with Crippen LogP contribution in [0.3, 0.4) is 0 Å². The molecule has 233 valence electrons. The second-order valence-corrected chi connectivity index (χ2v) is 10.5. The van der Waals surface area contributed by atoms with E-state index in [1.165, 1.54) is 80.6 Å². The molecule has 0 bridgehead atoms. The minimum absolute atomic E-state index is 0. The maximum atomic E-state index is 2.97. The topological polar surface area (TPSA) is 0 Å². The summed E-state index contributed by atoms with van der Waals surface area (Å²) in [5.41, 5.74) is 8.11. The Balaban J connectivity index is 0.000000664. The number of rotatable bonds is 7. The molecule has 0 unspecified atom stereocenters. The first kappa shape index (κ1) is 42.8. The molecule has 0 heterocycles. The van der Waals surface area contributed by atoms with Gasteiger partial charge in [-0.1, -0.05) is 144 Å². The van der Waals surface area contributed by atoms with Crippen molar-refractivity contribution in [2.24, 2.45) is 0 Å². The summed E-state index contributed by atoms with van der Waals surface area (Å²) in [6.45, 7) is 10.7. The average molecular weight is 730 g/mol. The number of unbranched alkanes of at least 4 members (excludes halogenated alkanes) is 3. The van der Waals surface area contributed by atoms with Gasteiger partial charge in [-0.2, -0.15) is 12.1 Å². The molecule has 0 aliphatic heterocycles. The summed E-state index contributed by atoms with van der Waals surface area (Å²) in [6, 6.07) is 43.5. The molecular formula is C41H47Cl2SiZr. The van der Waals surface area contributed by atoms with Crippen LogP contribution in [-0.4, -0.2) is 10.2 Å². The first-order valence-electron chi connectivity index (χ1n) is 15.7. The summed E-state index contributed by atoms with van der Waals surface area (Å²) in [5, 5.41) is 5.44. The zero-order valence-corrected chi connectivity index (χ0v) is 32.5. The van der Waals surface area contributed by atoms with Gasteiger partial charge in [0.15, 0.2) is 0 Å². The van der Waals surface area contributed by atoms with Crippen LogP contribution < -0.4 is 24.8 Å². The van der Waals surface area contributed by atoms with Gasteiger partial charge in [0.2, 0.25) is 0 Å². The Bertz CT molecular complexity index is 1460. The third-order valence-electron chi connectivity index (χ3n) is 7.56. The van der Waals surface area contributed by atoms with E-state index in [0.29, 0.717) is 0 Å². The molecule has 6 aromatic rings. The Kier molecular flexibility index (Phi) is 22.8. The van der Waals surface area contributed by atoms with Gasteiger partial charge in [-0.3, -0.25) is 0 Å². The van der Waals surface area contributed by atoms with E-state index in [1.807, 2.05) is 0 Å². The largest absolute Gasteiger partial charge is 4.00 e. The molecule has 0 N–H and O–H groups in total. The molecular weight excluding hydrogens is 683 g/mol. The molecule has 0 saturated heterocycles. The maximum Gasteiger partial charge on any atom is 4.00 e. The molecule has 0 spiro atoms. The fourth-order valence-corrected chi connectivity index (χ4v) is 5.24. The van der Waals surface area contributed by atoms with Gasteiger partial charge in [0.05, 0.1) is 0 Å². The molecule has 0 aliphatic carbocycles. The second-order valence-electron chi connectivity index (χ2n) is 10.5. The summed E-state index contributed by atoms with van der Waals surface area (Å²) >= 11 is 0. The van der Waals surface area contributed by atoms with E-state index < -0.39 is 0 Å². The fourth-order valence-electron chi connectivity index (χ4n) is 5.24. The molecule has 0 amide bonds. The van der Waals surface area contributed by atoms with Crippen molar-refractivity contribution in [2.75, 3.05) is 0 Å². The fraction of sp³-hybridized carbons (Fsp3) is 0.268. The number of benzene rings is 4. The SMILES string of the molecule is CCCCCC.CCc1cc2c(-c3ccccc3)cccc2[cH-]1.CCc1cc2c(-c3ccccc3)cccc2[cH-]1.C[Si].[Cl-].[Cl-].[Zr+4]. The molecule has 4 heteroatoms. The Morgan fingerprint density at radius 2 is 0.844 bits per heavy atom. The third-order valence-corrected chi connectivity index (χ3v) is 7.56. The van der Waals surface area contributed by atoms with E-state index in [-0.39, 0.29) is 51.0 Å². The van der Waals surface area contributed by atoms with Crippen molar-refractivity contribution in [1.82, 2.24) is 0 Å². The minimum Gasteiger partial charge on any atom is -1.00 e. The van der Waals surface area contributed by atoms with E-state index in [1.54, 1.807) is 6.55 Å². The molecule has 0 nitrogen and oxygen atoms in total. The Hall–Kier alpha value is -2.22. The van der Waals surface area contributed by atoms with Crippen molar-refractivity contribution < 1.29 is 51.0 Å². The molecule has 45 heavy (non-hydrogen) atoms. The summed E-state index contributed by atoms with van der Waals surface area (Å²) in [6.07, 6.45) is 7.74. The smallest absolute Gasteiger partial charge is 1.00 e. The number of aryl methyl sites for hydroxylation is 2. The molecule has 0 atom stereocenters. The molecule has 6 aromatic carbocycles. The van der Waals surface area contributed by atoms with Crippen molar-refractivity contribution in [2.45, 2.75) is 72.8 Å². The molecule has 0 aliphatic rings. The summed E-state index contributed by atoms with van der Waals surface area (Å²) in [4.78, 5) is 0. The number of halogens is 2. The van der Waals surface area contributed by atoms with Crippen molar-refractivity contribution >= 4 is 31.8 Å². The zero-order chi connectivity index (χ0) is 30.2. The van der Waals surface area contributed by atoms with Crippen molar-refractivity contribution in [1.29, 1.82) is 0 Å². The Morgan fingerprint density at radius 1 is 0.489 bits per heavy atom. The van der Waals surface area contributed by atoms with E-state index in [4.69, 9.17) is 0 Å². The zero-order valence-electron chi connectivity index (χ0n) is 27.5. The number of fused-ring (bicyclic) bond motifs is 2. The van der Waals surface area contributed by atoms with E-state index in [9.17, 15) is 0 Å².